The number of amides is 2. The predicted octanol–water partition coefficient (Wildman–Crippen LogP) is 4.12. The smallest absolute Gasteiger partial charge is 0.262 e. The Balaban J connectivity index is 1.56. The Kier molecular flexibility index (Phi) is 6.60. The van der Waals surface area contributed by atoms with E-state index in [1.54, 1.807) is 67.8 Å². The number of furan rings is 1. The summed E-state index contributed by atoms with van der Waals surface area (Å²) in [4.78, 5) is 41.8. The van der Waals surface area contributed by atoms with Crippen molar-refractivity contribution in [3.05, 3.63) is 83.0 Å². The summed E-state index contributed by atoms with van der Waals surface area (Å²) in [5.41, 5.74) is 1.62. The van der Waals surface area contributed by atoms with E-state index in [4.69, 9.17) is 4.42 Å². The first-order valence-electron chi connectivity index (χ1n) is 10.3. The monoisotopic (exact) mass is 462 g/mol. The summed E-state index contributed by atoms with van der Waals surface area (Å²) in [7, 11) is 0. The Hall–Kier alpha value is -3.85. The fourth-order valence-electron chi connectivity index (χ4n) is 3.23. The number of fused-ring (bicyclic) bond motifs is 1. The number of thioether (sulfide) groups is 1. The first kappa shape index (κ1) is 22.3. The van der Waals surface area contributed by atoms with Crippen molar-refractivity contribution in [1.29, 1.82) is 0 Å². The van der Waals surface area contributed by atoms with E-state index in [2.05, 4.69) is 15.6 Å². The van der Waals surface area contributed by atoms with Crippen LogP contribution in [0.4, 0.5) is 11.4 Å². The summed E-state index contributed by atoms with van der Waals surface area (Å²) in [6, 6.07) is 17.5. The van der Waals surface area contributed by atoms with E-state index in [0.29, 0.717) is 33.2 Å². The molecular formula is C24H22N4O4S. The van der Waals surface area contributed by atoms with Crippen molar-refractivity contribution in [1.82, 2.24) is 9.55 Å². The zero-order chi connectivity index (χ0) is 23.4. The van der Waals surface area contributed by atoms with Crippen LogP contribution in [0.25, 0.3) is 10.9 Å². The number of nitrogens with one attached hydrogen (secondary N) is 2. The zero-order valence-corrected chi connectivity index (χ0v) is 18.9. The quantitative estimate of drug-likeness (QED) is 0.316. The molecule has 4 rings (SSSR count). The SMILES string of the molecule is CC(=O)Nc1ccc(NC(=O)[C@@H](C)Sc2nc3ccccc3c(=O)n2Cc2ccco2)cc1. The van der Waals surface area contributed by atoms with Crippen molar-refractivity contribution in [3.63, 3.8) is 0 Å². The van der Waals surface area contributed by atoms with E-state index >= 15 is 0 Å². The summed E-state index contributed by atoms with van der Waals surface area (Å²) in [6.45, 7) is 3.40. The largest absolute Gasteiger partial charge is 0.467 e. The van der Waals surface area contributed by atoms with Gasteiger partial charge in [-0.05, 0) is 55.5 Å². The number of carbonyl (C=O) groups is 2. The minimum absolute atomic E-state index is 0.166. The zero-order valence-electron chi connectivity index (χ0n) is 18.1. The molecule has 0 aliphatic carbocycles. The minimum atomic E-state index is -0.532. The Morgan fingerprint density at radius 3 is 2.39 bits per heavy atom. The molecule has 2 N–H and O–H groups in total. The number of hydrogen-bond acceptors (Lipinski definition) is 6. The number of nitrogens with zero attached hydrogens (tertiary/aromatic N) is 2. The van der Waals surface area contributed by atoms with Crippen molar-refractivity contribution in [3.8, 4) is 0 Å². The van der Waals surface area contributed by atoms with Crippen LogP contribution in [-0.4, -0.2) is 26.6 Å². The maximum atomic E-state index is 13.2. The van der Waals surface area contributed by atoms with Gasteiger partial charge in [0.1, 0.15) is 5.76 Å². The molecule has 1 atom stereocenters. The molecule has 8 nitrogen and oxygen atoms in total. The lowest BCUT2D eigenvalue weighted by Gasteiger charge is -2.16. The highest BCUT2D eigenvalue weighted by molar-refractivity contribution is 8.00. The molecule has 33 heavy (non-hydrogen) atoms. The average molecular weight is 463 g/mol. The van der Waals surface area contributed by atoms with Crippen LogP contribution in [0.3, 0.4) is 0 Å². The standard InChI is InChI=1S/C24H22N4O4S/c1-15(22(30)26-18-11-9-17(10-12-18)25-16(2)29)33-24-27-21-8-4-3-7-20(21)23(31)28(24)14-19-6-5-13-32-19/h3-13,15H,14H2,1-2H3,(H,25,29)(H,26,30)/t15-/m1/s1. The summed E-state index contributed by atoms with van der Waals surface area (Å²) in [6.07, 6.45) is 1.55. The van der Waals surface area contributed by atoms with Crippen LogP contribution < -0.4 is 16.2 Å². The molecule has 4 aromatic rings. The molecule has 0 bridgehead atoms. The van der Waals surface area contributed by atoms with Crippen molar-refractivity contribution < 1.29 is 14.0 Å². The lowest BCUT2D eigenvalue weighted by Crippen LogP contribution is -2.27. The van der Waals surface area contributed by atoms with E-state index < -0.39 is 5.25 Å². The third-order valence-electron chi connectivity index (χ3n) is 4.84. The number of hydrogen-bond donors (Lipinski definition) is 2. The van der Waals surface area contributed by atoms with Crippen molar-refractivity contribution >= 4 is 45.9 Å². The lowest BCUT2D eigenvalue weighted by molar-refractivity contribution is -0.115. The normalized spacial score (nSPS) is 11.8. The number of benzene rings is 2. The second kappa shape index (κ2) is 9.74. The van der Waals surface area contributed by atoms with Gasteiger partial charge >= 0.3 is 0 Å². The molecule has 0 fully saturated rings. The van der Waals surface area contributed by atoms with Gasteiger partial charge in [0.25, 0.3) is 5.56 Å². The van der Waals surface area contributed by atoms with Gasteiger partial charge in [-0.25, -0.2) is 4.98 Å². The summed E-state index contributed by atoms with van der Waals surface area (Å²) < 4.78 is 6.95. The van der Waals surface area contributed by atoms with Gasteiger partial charge in [0.05, 0.1) is 29.0 Å². The second-order valence-corrected chi connectivity index (χ2v) is 8.70. The fourth-order valence-corrected chi connectivity index (χ4v) is 4.14. The molecule has 168 valence electrons. The van der Waals surface area contributed by atoms with E-state index in [9.17, 15) is 14.4 Å². The van der Waals surface area contributed by atoms with Crippen LogP contribution in [-0.2, 0) is 16.1 Å². The molecular weight excluding hydrogens is 440 g/mol. The van der Waals surface area contributed by atoms with E-state index in [-0.39, 0.29) is 23.9 Å². The van der Waals surface area contributed by atoms with Gasteiger partial charge in [-0.2, -0.15) is 0 Å². The molecule has 9 heteroatoms. The van der Waals surface area contributed by atoms with Gasteiger partial charge < -0.3 is 15.1 Å². The number of carbonyl (C=O) groups excluding carboxylic acids is 2. The summed E-state index contributed by atoms with van der Waals surface area (Å²) in [5.74, 6) is 0.215. The van der Waals surface area contributed by atoms with Gasteiger partial charge in [-0.3, -0.25) is 19.0 Å². The Labute approximate surface area is 194 Å². The highest BCUT2D eigenvalue weighted by Crippen LogP contribution is 2.25. The van der Waals surface area contributed by atoms with Crippen LogP contribution in [0, 0.1) is 0 Å². The van der Waals surface area contributed by atoms with Crippen molar-refractivity contribution in [2.45, 2.75) is 30.8 Å². The van der Waals surface area contributed by atoms with E-state index in [0.717, 1.165) is 0 Å². The Morgan fingerprint density at radius 2 is 1.73 bits per heavy atom. The number of rotatable bonds is 7. The second-order valence-electron chi connectivity index (χ2n) is 7.39. The van der Waals surface area contributed by atoms with Crippen LogP contribution >= 0.6 is 11.8 Å². The molecule has 2 aromatic heterocycles. The van der Waals surface area contributed by atoms with Crippen molar-refractivity contribution in [2.24, 2.45) is 0 Å². The molecule has 0 saturated heterocycles. The third kappa shape index (κ3) is 5.32. The van der Waals surface area contributed by atoms with Crippen LogP contribution in [0.5, 0.6) is 0 Å². The molecule has 0 unspecified atom stereocenters. The molecule has 2 amide bonds. The van der Waals surface area contributed by atoms with Gasteiger partial charge in [-0.1, -0.05) is 23.9 Å². The van der Waals surface area contributed by atoms with Gasteiger partial charge in [-0.15, -0.1) is 0 Å². The number of aromatic nitrogens is 2. The summed E-state index contributed by atoms with van der Waals surface area (Å²) >= 11 is 1.20. The first-order chi connectivity index (χ1) is 15.9. The van der Waals surface area contributed by atoms with Crippen LogP contribution in [0.1, 0.15) is 19.6 Å². The Morgan fingerprint density at radius 1 is 1.03 bits per heavy atom. The maximum absolute atomic E-state index is 13.2. The van der Waals surface area contributed by atoms with E-state index in [1.807, 2.05) is 6.07 Å². The third-order valence-corrected chi connectivity index (χ3v) is 5.94. The topological polar surface area (TPSA) is 106 Å². The van der Waals surface area contributed by atoms with Crippen LogP contribution in [0.2, 0.25) is 0 Å². The molecule has 2 aromatic carbocycles. The molecule has 0 aliphatic rings. The molecule has 0 radical (unpaired) electrons. The molecule has 0 saturated carbocycles. The van der Waals surface area contributed by atoms with Gasteiger partial charge in [0.2, 0.25) is 11.8 Å². The molecule has 0 aliphatic heterocycles. The number of para-hydroxylation sites is 1. The van der Waals surface area contributed by atoms with Crippen LogP contribution in [0.15, 0.2) is 81.3 Å². The average Bonchev–Trinajstić information content (AvgIpc) is 3.30. The van der Waals surface area contributed by atoms with Gasteiger partial charge in [0, 0.05) is 18.3 Å². The number of anilines is 2. The van der Waals surface area contributed by atoms with E-state index in [1.165, 1.54) is 23.3 Å². The summed E-state index contributed by atoms with van der Waals surface area (Å²) in [5, 5.41) is 5.94. The maximum Gasteiger partial charge on any atom is 0.262 e. The minimum Gasteiger partial charge on any atom is -0.467 e. The molecule has 2 heterocycles. The van der Waals surface area contributed by atoms with Gasteiger partial charge in [0.15, 0.2) is 5.16 Å². The molecule has 0 spiro atoms. The fraction of sp³-hybridized carbons (Fsp3) is 0.167. The first-order valence-corrected chi connectivity index (χ1v) is 11.2. The Bertz CT molecular complexity index is 1350. The van der Waals surface area contributed by atoms with Crippen molar-refractivity contribution in [2.75, 3.05) is 10.6 Å². The highest BCUT2D eigenvalue weighted by Gasteiger charge is 2.20. The lowest BCUT2D eigenvalue weighted by atomic mass is 10.2. The predicted molar refractivity (Wildman–Crippen MR) is 129 cm³/mol. The highest BCUT2D eigenvalue weighted by atomic mass is 32.2.